The number of nitrogens with one attached hydrogen (secondary N) is 1. The van der Waals surface area contributed by atoms with Crippen molar-refractivity contribution in [3.63, 3.8) is 0 Å². The van der Waals surface area contributed by atoms with Crippen molar-refractivity contribution >= 4 is 47.7 Å². The molecule has 116 valence electrons. The SMILES string of the molecule is CC(C)(C)OC(=O)NCC(=S)N1[C@H](CS)SCC1(C)C. The third-order valence-electron chi connectivity index (χ3n) is 2.78. The molecule has 0 bridgehead atoms. The Morgan fingerprint density at radius 2 is 2.15 bits per heavy atom. The van der Waals surface area contributed by atoms with Gasteiger partial charge < -0.3 is 15.0 Å². The van der Waals surface area contributed by atoms with Crippen molar-refractivity contribution in [3.8, 4) is 0 Å². The van der Waals surface area contributed by atoms with Crippen molar-refractivity contribution < 1.29 is 9.53 Å². The van der Waals surface area contributed by atoms with E-state index in [1.54, 1.807) is 0 Å². The molecule has 1 rings (SSSR count). The number of rotatable bonds is 3. The van der Waals surface area contributed by atoms with E-state index in [1.807, 2.05) is 32.5 Å². The Labute approximate surface area is 136 Å². The predicted octanol–water partition coefficient (Wildman–Crippen LogP) is 2.92. The molecule has 0 spiro atoms. The van der Waals surface area contributed by atoms with Gasteiger partial charge in [-0.05, 0) is 34.6 Å². The van der Waals surface area contributed by atoms with Crippen LogP contribution in [-0.4, -0.2) is 50.5 Å². The number of thioether (sulfide) groups is 1. The van der Waals surface area contributed by atoms with Gasteiger partial charge in [-0.15, -0.1) is 11.8 Å². The van der Waals surface area contributed by atoms with Crippen molar-refractivity contribution in [3.05, 3.63) is 0 Å². The first-order valence-corrected chi connectivity index (χ1v) is 8.67. The quantitative estimate of drug-likeness (QED) is 0.613. The van der Waals surface area contributed by atoms with E-state index >= 15 is 0 Å². The second-order valence-corrected chi connectivity index (χ2v) is 8.38. The molecule has 0 aromatic carbocycles. The van der Waals surface area contributed by atoms with Crippen LogP contribution in [0.1, 0.15) is 34.6 Å². The molecule has 1 fully saturated rings. The molecule has 1 heterocycles. The summed E-state index contributed by atoms with van der Waals surface area (Å²) in [6.07, 6.45) is -0.438. The largest absolute Gasteiger partial charge is 0.444 e. The molecule has 7 heteroatoms. The number of nitrogens with zero attached hydrogens (tertiary/aromatic N) is 1. The fourth-order valence-electron chi connectivity index (χ4n) is 2.01. The van der Waals surface area contributed by atoms with Crippen LogP contribution in [0.15, 0.2) is 0 Å². The Morgan fingerprint density at radius 1 is 1.55 bits per heavy atom. The Bertz CT molecular complexity index is 380. The summed E-state index contributed by atoms with van der Waals surface area (Å²) >= 11 is 11.7. The van der Waals surface area contributed by atoms with Gasteiger partial charge in [-0.2, -0.15) is 12.6 Å². The molecule has 1 saturated heterocycles. The minimum Gasteiger partial charge on any atom is -0.444 e. The lowest BCUT2D eigenvalue weighted by Crippen LogP contribution is -2.51. The highest BCUT2D eigenvalue weighted by atomic mass is 32.2. The summed E-state index contributed by atoms with van der Waals surface area (Å²) in [5.74, 6) is 1.74. The van der Waals surface area contributed by atoms with Crippen LogP contribution in [0.25, 0.3) is 0 Å². The Kier molecular flexibility index (Phi) is 6.04. The average Bonchev–Trinajstić information content (AvgIpc) is 2.59. The Hall–Kier alpha value is -0.140. The third-order valence-corrected chi connectivity index (χ3v) is 5.35. The maximum atomic E-state index is 11.7. The van der Waals surface area contributed by atoms with Crippen molar-refractivity contribution in [1.82, 2.24) is 10.2 Å². The highest BCUT2D eigenvalue weighted by Crippen LogP contribution is 2.37. The van der Waals surface area contributed by atoms with Crippen LogP contribution >= 0.6 is 36.6 Å². The molecule has 1 atom stereocenters. The molecular weight excluding hydrogens is 312 g/mol. The lowest BCUT2D eigenvalue weighted by Gasteiger charge is -2.36. The lowest BCUT2D eigenvalue weighted by molar-refractivity contribution is 0.0534. The Balaban J connectivity index is 2.56. The number of carbonyl (C=O) groups is 1. The molecule has 0 aliphatic carbocycles. The van der Waals surface area contributed by atoms with Crippen LogP contribution in [0.4, 0.5) is 4.79 Å². The van der Waals surface area contributed by atoms with E-state index in [0.717, 1.165) is 16.5 Å². The molecule has 1 amide bonds. The summed E-state index contributed by atoms with van der Waals surface area (Å²) in [6, 6.07) is 0. The molecular formula is C13H24N2O2S3. The third kappa shape index (κ3) is 5.00. The van der Waals surface area contributed by atoms with E-state index in [1.165, 1.54) is 0 Å². The first-order valence-electron chi connectivity index (χ1n) is 6.58. The van der Waals surface area contributed by atoms with Gasteiger partial charge in [0.15, 0.2) is 0 Å². The minimum absolute atomic E-state index is 0.00917. The first kappa shape index (κ1) is 17.9. The molecule has 0 saturated carbocycles. The van der Waals surface area contributed by atoms with Gasteiger partial charge in [0, 0.05) is 17.0 Å². The summed E-state index contributed by atoms with van der Waals surface area (Å²) in [7, 11) is 0. The zero-order valence-electron chi connectivity index (χ0n) is 12.7. The summed E-state index contributed by atoms with van der Waals surface area (Å²) < 4.78 is 5.21. The first-order chi connectivity index (χ1) is 9.07. The number of amides is 1. The van der Waals surface area contributed by atoms with Gasteiger partial charge in [0.05, 0.1) is 16.9 Å². The lowest BCUT2D eigenvalue weighted by atomic mass is 10.1. The average molecular weight is 337 g/mol. The van der Waals surface area contributed by atoms with Crippen LogP contribution in [0.5, 0.6) is 0 Å². The summed E-state index contributed by atoms with van der Waals surface area (Å²) in [4.78, 5) is 14.6. The topological polar surface area (TPSA) is 41.6 Å². The van der Waals surface area contributed by atoms with Gasteiger partial charge in [0.1, 0.15) is 5.60 Å². The zero-order chi connectivity index (χ0) is 15.6. The highest BCUT2D eigenvalue weighted by Gasteiger charge is 2.40. The van der Waals surface area contributed by atoms with E-state index in [0.29, 0.717) is 6.54 Å². The van der Waals surface area contributed by atoms with Crippen molar-refractivity contribution in [2.75, 3.05) is 18.1 Å². The zero-order valence-corrected chi connectivity index (χ0v) is 15.3. The monoisotopic (exact) mass is 336 g/mol. The standard InChI is InChI=1S/C13H24N2O2S3/c1-12(2,3)17-11(16)14-6-9(19)15-10(7-18)20-8-13(15,4)5/h10,18H,6-8H2,1-5H3,(H,14,16)/t10-/m0/s1. The van der Waals surface area contributed by atoms with Crippen LogP contribution in [0.2, 0.25) is 0 Å². The number of thiocarbonyl (C=S) groups is 1. The van der Waals surface area contributed by atoms with E-state index in [9.17, 15) is 4.79 Å². The maximum absolute atomic E-state index is 11.7. The summed E-state index contributed by atoms with van der Waals surface area (Å²) in [5, 5.41) is 2.99. The number of alkyl carbamates (subject to hydrolysis) is 1. The fourth-order valence-corrected chi connectivity index (χ4v) is 4.41. The van der Waals surface area contributed by atoms with Gasteiger partial charge in [0.25, 0.3) is 0 Å². The highest BCUT2D eigenvalue weighted by molar-refractivity contribution is 8.01. The van der Waals surface area contributed by atoms with Gasteiger partial charge in [0.2, 0.25) is 0 Å². The van der Waals surface area contributed by atoms with Gasteiger partial charge in [-0.25, -0.2) is 4.79 Å². The summed E-state index contributed by atoms with van der Waals surface area (Å²) in [6.45, 7) is 10.1. The maximum Gasteiger partial charge on any atom is 0.408 e. The molecule has 0 radical (unpaired) electrons. The number of hydrogen-bond donors (Lipinski definition) is 2. The van der Waals surface area contributed by atoms with Crippen LogP contribution in [-0.2, 0) is 4.74 Å². The van der Waals surface area contributed by atoms with Crippen LogP contribution in [0, 0.1) is 0 Å². The van der Waals surface area contributed by atoms with Crippen molar-refractivity contribution in [2.24, 2.45) is 0 Å². The van der Waals surface area contributed by atoms with Crippen molar-refractivity contribution in [2.45, 2.75) is 51.1 Å². The number of ether oxygens (including phenoxy) is 1. The molecule has 1 aliphatic rings. The van der Waals surface area contributed by atoms with Gasteiger partial charge in [-0.3, -0.25) is 0 Å². The van der Waals surface area contributed by atoms with Crippen LogP contribution < -0.4 is 5.32 Å². The normalized spacial score (nSPS) is 21.7. The van der Waals surface area contributed by atoms with Gasteiger partial charge >= 0.3 is 6.09 Å². The molecule has 0 aromatic heterocycles. The summed E-state index contributed by atoms with van der Waals surface area (Å²) in [5.41, 5.74) is -0.507. The molecule has 20 heavy (non-hydrogen) atoms. The van der Waals surface area contributed by atoms with Gasteiger partial charge in [-0.1, -0.05) is 12.2 Å². The predicted molar refractivity (Wildman–Crippen MR) is 92.9 cm³/mol. The number of hydrogen-bond acceptors (Lipinski definition) is 5. The minimum atomic E-state index is -0.498. The molecule has 1 N–H and O–H groups in total. The van der Waals surface area contributed by atoms with E-state index < -0.39 is 11.7 Å². The molecule has 4 nitrogen and oxygen atoms in total. The molecule has 0 unspecified atom stereocenters. The number of carbonyl (C=O) groups excluding carboxylic acids is 1. The second-order valence-electron chi connectivity index (χ2n) is 6.38. The second kappa shape index (κ2) is 6.75. The van der Waals surface area contributed by atoms with Crippen LogP contribution in [0.3, 0.4) is 0 Å². The smallest absolute Gasteiger partial charge is 0.408 e. The fraction of sp³-hybridized carbons (Fsp3) is 0.846. The van der Waals surface area contributed by atoms with E-state index in [-0.39, 0.29) is 10.9 Å². The molecule has 1 aliphatic heterocycles. The van der Waals surface area contributed by atoms with E-state index in [2.05, 4.69) is 36.7 Å². The number of thiol groups is 1. The van der Waals surface area contributed by atoms with E-state index in [4.69, 9.17) is 17.0 Å². The molecule has 0 aromatic rings. The Morgan fingerprint density at radius 3 is 2.65 bits per heavy atom. The van der Waals surface area contributed by atoms with Crippen molar-refractivity contribution in [1.29, 1.82) is 0 Å².